The van der Waals surface area contributed by atoms with E-state index >= 15 is 0 Å². The van der Waals surface area contributed by atoms with Crippen molar-refractivity contribution in [2.75, 3.05) is 0 Å². The van der Waals surface area contributed by atoms with E-state index in [9.17, 15) is 0 Å². The van der Waals surface area contributed by atoms with Crippen LogP contribution in [0.2, 0.25) is 0 Å². The lowest BCUT2D eigenvalue weighted by molar-refractivity contribution is 1.16. The van der Waals surface area contributed by atoms with Gasteiger partial charge >= 0.3 is 0 Å². The van der Waals surface area contributed by atoms with Gasteiger partial charge in [-0.15, -0.1) is 0 Å². The average Bonchev–Trinajstić information content (AvgIpc) is 1.98. The van der Waals surface area contributed by atoms with Crippen LogP contribution in [0.1, 0.15) is 26.7 Å². The van der Waals surface area contributed by atoms with Crippen molar-refractivity contribution in [3.8, 4) is 0 Å². The molecule has 0 amide bonds. The number of rotatable bonds is 4. The standard InChI is InChI=1S/C10H16/c1-4-6-7-8-9-10(3)5-2/h6-9H,3-5H2,1-2H3. The zero-order valence-electron chi connectivity index (χ0n) is 6.93. The van der Waals surface area contributed by atoms with Crippen LogP contribution in [0.3, 0.4) is 0 Å². The molecule has 0 aromatic rings. The van der Waals surface area contributed by atoms with Gasteiger partial charge in [0.25, 0.3) is 0 Å². The molecule has 0 rings (SSSR count). The van der Waals surface area contributed by atoms with Crippen LogP contribution in [0.4, 0.5) is 0 Å². The third-order valence-corrected chi connectivity index (χ3v) is 1.27. The maximum atomic E-state index is 3.85. The lowest BCUT2D eigenvalue weighted by Crippen LogP contribution is -1.66. The highest BCUT2D eigenvalue weighted by atomic mass is 13.8. The predicted molar refractivity (Wildman–Crippen MR) is 48.0 cm³/mol. The normalized spacial score (nSPS) is 11.4. The summed E-state index contributed by atoms with van der Waals surface area (Å²) in [5.41, 5.74) is 1.18. The van der Waals surface area contributed by atoms with Gasteiger partial charge in [0.05, 0.1) is 0 Å². The first-order chi connectivity index (χ1) is 4.81. The Morgan fingerprint density at radius 3 is 2.50 bits per heavy atom. The van der Waals surface area contributed by atoms with Crippen LogP contribution in [0, 0.1) is 0 Å². The second-order valence-corrected chi connectivity index (χ2v) is 2.21. The first-order valence-corrected chi connectivity index (χ1v) is 3.82. The summed E-state index contributed by atoms with van der Waals surface area (Å²) in [5.74, 6) is 0. The van der Waals surface area contributed by atoms with E-state index in [-0.39, 0.29) is 0 Å². The van der Waals surface area contributed by atoms with Crippen LogP contribution in [0.25, 0.3) is 0 Å². The van der Waals surface area contributed by atoms with Crippen molar-refractivity contribution in [3.63, 3.8) is 0 Å². The Hall–Kier alpha value is -0.780. The van der Waals surface area contributed by atoms with E-state index in [1.165, 1.54) is 5.57 Å². The first kappa shape index (κ1) is 9.22. The molecule has 0 saturated heterocycles. The average molecular weight is 136 g/mol. The maximum Gasteiger partial charge on any atom is -0.0313 e. The largest absolute Gasteiger partial charge is 0.0958 e. The minimum Gasteiger partial charge on any atom is -0.0958 e. The lowest BCUT2D eigenvalue weighted by Gasteiger charge is -1.87. The van der Waals surface area contributed by atoms with Crippen LogP contribution < -0.4 is 0 Å². The molecule has 0 aliphatic heterocycles. The van der Waals surface area contributed by atoms with Gasteiger partial charge in [-0.05, 0) is 12.8 Å². The van der Waals surface area contributed by atoms with Gasteiger partial charge in [-0.2, -0.15) is 0 Å². The molecule has 0 bridgehead atoms. The van der Waals surface area contributed by atoms with Crippen molar-refractivity contribution in [2.24, 2.45) is 0 Å². The van der Waals surface area contributed by atoms with E-state index in [0.29, 0.717) is 0 Å². The summed E-state index contributed by atoms with van der Waals surface area (Å²) in [5, 5.41) is 0. The predicted octanol–water partition coefficient (Wildman–Crippen LogP) is 3.48. The highest BCUT2D eigenvalue weighted by Gasteiger charge is 1.76. The van der Waals surface area contributed by atoms with Crippen LogP contribution in [0.15, 0.2) is 36.5 Å². The molecule has 0 radical (unpaired) electrons. The van der Waals surface area contributed by atoms with Gasteiger partial charge < -0.3 is 0 Å². The Kier molecular flexibility index (Phi) is 5.85. The molecular weight excluding hydrogens is 120 g/mol. The van der Waals surface area contributed by atoms with Crippen molar-refractivity contribution in [2.45, 2.75) is 26.7 Å². The molecule has 0 aromatic carbocycles. The Morgan fingerprint density at radius 2 is 2.00 bits per heavy atom. The molecule has 0 atom stereocenters. The molecule has 56 valence electrons. The Labute approximate surface area is 64.0 Å². The molecule has 0 heteroatoms. The van der Waals surface area contributed by atoms with E-state index in [1.807, 2.05) is 12.2 Å². The molecule has 10 heavy (non-hydrogen) atoms. The SMILES string of the molecule is C=C(C=CC=CCC)CC. The van der Waals surface area contributed by atoms with Crippen LogP contribution >= 0.6 is 0 Å². The van der Waals surface area contributed by atoms with Crippen molar-refractivity contribution < 1.29 is 0 Å². The third kappa shape index (κ3) is 5.36. The fraction of sp³-hybridized carbons (Fsp3) is 0.400. The molecule has 0 N–H and O–H groups in total. The van der Waals surface area contributed by atoms with Crippen molar-refractivity contribution in [1.82, 2.24) is 0 Å². The van der Waals surface area contributed by atoms with Gasteiger partial charge in [0.2, 0.25) is 0 Å². The summed E-state index contributed by atoms with van der Waals surface area (Å²) in [6, 6.07) is 0. The van der Waals surface area contributed by atoms with Gasteiger partial charge in [0.15, 0.2) is 0 Å². The fourth-order valence-electron chi connectivity index (χ4n) is 0.524. The molecule has 0 spiro atoms. The van der Waals surface area contributed by atoms with Crippen LogP contribution in [0.5, 0.6) is 0 Å². The van der Waals surface area contributed by atoms with Gasteiger partial charge in [-0.25, -0.2) is 0 Å². The maximum absolute atomic E-state index is 3.85. The summed E-state index contributed by atoms with van der Waals surface area (Å²) in [7, 11) is 0. The summed E-state index contributed by atoms with van der Waals surface area (Å²) in [6.45, 7) is 8.08. The van der Waals surface area contributed by atoms with E-state index in [4.69, 9.17) is 0 Å². The Morgan fingerprint density at radius 1 is 1.30 bits per heavy atom. The molecular formula is C10H16. The van der Waals surface area contributed by atoms with E-state index in [1.54, 1.807) is 0 Å². The van der Waals surface area contributed by atoms with E-state index < -0.39 is 0 Å². The minimum absolute atomic E-state index is 1.04. The highest BCUT2D eigenvalue weighted by molar-refractivity contribution is 5.18. The van der Waals surface area contributed by atoms with E-state index in [0.717, 1.165) is 12.8 Å². The molecule has 0 aromatic heterocycles. The van der Waals surface area contributed by atoms with Gasteiger partial charge in [-0.1, -0.05) is 50.3 Å². The molecule has 0 aliphatic carbocycles. The quantitative estimate of drug-likeness (QED) is 0.519. The van der Waals surface area contributed by atoms with Crippen LogP contribution in [-0.2, 0) is 0 Å². The monoisotopic (exact) mass is 136 g/mol. The summed E-state index contributed by atoms with van der Waals surface area (Å²) < 4.78 is 0. The number of allylic oxidation sites excluding steroid dienone is 5. The number of hydrogen-bond acceptors (Lipinski definition) is 0. The molecule has 0 unspecified atom stereocenters. The summed E-state index contributed by atoms with van der Waals surface area (Å²) in [4.78, 5) is 0. The second-order valence-electron chi connectivity index (χ2n) is 2.21. The third-order valence-electron chi connectivity index (χ3n) is 1.27. The zero-order valence-corrected chi connectivity index (χ0v) is 6.93. The number of hydrogen-bond donors (Lipinski definition) is 0. The first-order valence-electron chi connectivity index (χ1n) is 3.82. The van der Waals surface area contributed by atoms with Gasteiger partial charge in [0, 0.05) is 0 Å². The smallest absolute Gasteiger partial charge is 0.0313 e. The zero-order chi connectivity index (χ0) is 7.82. The summed E-state index contributed by atoms with van der Waals surface area (Å²) >= 11 is 0. The molecule has 0 heterocycles. The minimum atomic E-state index is 1.04. The Balaban J connectivity index is 3.55. The Bertz CT molecular complexity index is 138. The molecule has 0 fully saturated rings. The van der Waals surface area contributed by atoms with Gasteiger partial charge in [-0.3, -0.25) is 0 Å². The van der Waals surface area contributed by atoms with Crippen LogP contribution in [-0.4, -0.2) is 0 Å². The van der Waals surface area contributed by atoms with E-state index in [2.05, 4.69) is 32.6 Å². The molecule has 0 nitrogen and oxygen atoms in total. The fourth-order valence-corrected chi connectivity index (χ4v) is 0.524. The molecule has 0 aliphatic rings. The second kappa shape index (κ2) is 6.34. The lowest BCUT2D eigenvalue weighted by atomic mass is 10.2. The van der Waals surface area contributed by atoms with Crippen molar-refractivity contribution in [1.29, 1.82) is 0 Å². The molecule has 0 saturated carbocycles. The van der Waals surface area contributed by atoms with Gasteiger partial charge in [0.1, 0.15) is 0 Å². The van der Waals surface area contributed by atoms with Crippen molar-refractivity contribution in [3.05, 3.63) is 36.5 Å². The highest BCUT2D eigenvalue weighted by Crippen LogP contribution is 1.97. The topological polar surface area (TPSA) is 0 Å². The summed E-state index contributed by atoms with van der Waals surface area (Å²) in [6.07, 6.45) is 10.4. The van der Waals surface area contributed by atoms with Crippen molar-refractivity contribution >= 4 is 0 Å².